The number of nitrogens with one attached hydrogen (secondary N) is 1. The fourth-order valence-electron chi connectivity index (χ4n) is 1.70. The van der Waals surface area contributed by atoms with Crippen molar-refractivity contribution < 1.29 is 9.53 Å². The van der Waals surface area contributed by atoms with Crippen LogP contribution in [0.25, 0.3) is 11.0 Å². The van der Waals surface area contributed by atoms with Gasteiger partial charge in [0.15, 0.2) is 0 Å². The molecule has 4 nitrogen and oxygen atoms in total. The number of carbonyl (C=O) groups is 1. The first-order valence-electron chi connectivity index (χ1n) is 5.54. The summed E-state index contributed by atoms with van der Waals surface area (Å²) < 4.78 is 5.21. The van der Waals surface area contributed by atoms with Crippen LogP contribution in [0.15, 0.2) is 54.7 Å². The summed E-state index contributed by atoms with van der Waals surface area (Å²) in [4.78, 5) is 19.0. The van der Waals surface area contributed by atoms with Crippen molar-refractivity contribution in [2.24, 2.45) is 0 Å². The van der Waals surface area contributed by atoms with Crippen LogP contribution in [0.1, 0.15) is 10.4 Å². The van der Waals surface area contributed by atoms with Gasteiger partial charge in [-0.05, 0) is 24.3 Å². The van der Waals surface area contributed by atoms with Gasteiger partial charge >= 0.3 is 5.97 Å². The maximum absolute atomic E-state index is 11.8. The second-order valence-corrected chi connectivity index (χ2v) is 3.82. The molecule has 0 aliphatic rings. The van der Waals surface area contributed by atoms with E-state index in [4.69, 9.17) is 4.74 Å². The summed E-state index contributed by atoms with van der Waals surface area (Å²) in [7, 11) is 0. The highest BCUT2D eigenvalue weighted by atomic mass is 16.5. The predicted molar refractivity (Wildman–Crippen MR) is 67.5 cm³/mol. The van der Waals surface area contributed by atoms with E-state index in [1.54, 1.807) is 36.5 Å². The third-order valence-electron chi connectivity index (χ3n) is 2.59. The molecular weight excluding hydrogens is 228 g/mol. The average molecular weight is 238 g/mol. The molecule has 4 heteroatoms. The first-order chi connectivity index (χ1) is 8.83. The van der Waals surface area contributed by atoms with Gasteiger partial charge in [-0.25, -0.2) is 4.79 Å². The Morgan fingerprint density at radius 2 is 1.89 bits per heavy atom. The largest absolute Gasteiger partial charge is 0.404 e. The number of pyridine rings is 1. The number of aromatic amines is 1. The molecule has 0 amide bonds. The van der Waals surface area contributed by atoms with E-state index < -0.39 is 5.97 Å². The Labute approximate surface area is 103 Å². The van der Waals surface area contributed by atoms with Gasteiger partial charge in [0, 0.05) is 17.6 Å². The zero-order chi connectivity index (χ0) is 12.4. The summed E-state index contributed by atoms with van der Waals surface area (Å²) in [5, 5.41) is 0.981. The Kier molecular flexibility index (Phi) is 2.53. The highest BCUT2D eigenvalue weighted by Crippen LogP contribution is 2.16. The summed E-state index contributed by atoms with van der Waals surface area (Å²) in [6, 6.07) is 14.3. The smallest absolute Gasteiger partial charge is 0.344 e. The Balaban J connectivity index is 1.86. The molecule has 2 aromatic heterocycles. The first-order valence-corrected chi connectivity index (χ1v) is 5.54. The van der Waals surface area contributed by atoms with Crippen LogP contribution >= 0.6 is 0 Å². The summed E-state index contributed by atoms with van der Waals surface area (Å²) in [5.74, 6) is -0.118. The summed E-state index contributed by atoms with van der Waals surface area (Å²) in [5.41, 5.74) is 1.21. The van der Waals surface area contributed by atoms with Gasteiger partial charge in [0.2, 0.25) is 5.88 Å². The monoisotopic (exact) mass is 238 g/mol. The van der Waals surface area contributed by atoms with Gasteiger partial charge in [-0.1, -0.05) is 18.2 Å². The lowest BCUT2D eigenvalue weighted by Gasteiger charge is -2.02. The number of ether oxygens (including phenoxy) is 1. The quantitative estimate of drug-likeness (QED) is 0.698. The molecule has 18 heavy (non-hydrogen) atoms. The van der Waals surface area contributed by atoms with Crippen LogP contribution in [0.4, 0.5) is 0 Å². The standard InChI is InChI=1S/C14H10N2O2/c17-14(11-4-2-1-3-5-11)18-12-7-6-10-8-9-15-13(10)16-12/h1-9H,(H,15,16). The Morgan fingerprint density at radius 1 is 1.06 bits per heavy atom. The average Bonchev–Trinajstić information content (AvgIpc) is 2.87. The summed E-state index contributed by atoms with van der Waals surface area (Å²) in [6.07, 6.45) is 1.79. The lowest BCUT2D eigenvalue weighted by molar-refractivity contribution is 0.0728. The predicted octanol–water partition coefficient (Wildman–Crippen LogP) is 2.78. The molecule has 0 aliphatic carbocycles. The minimum absolute atomic E-state index is 0.291. The molecule has 0 unspecified atom stereocenters. The number of esters is 1. The molecule has 0 spiro atoms. The normalized spacial score (nSPS) is 10.4. The Bertz CT molecular complexity index is 689. The third kappa shape index (κ3) is 1.96. The summed E-state index contributed by atoms with van der Waals surface area (Å²) in [6.45, 7) is 0. The van der Waals surface area contributed by atoms with Gasteiger partial charge in [0.25, 0.3) is 0 Å². The molecule has 3 aromatic rings. The van der Waals surface area contributed by atoms with Crippen LogP contribution < -0.4 is 4.74 Å². The minimum atomic E-state index is -0.408. The van der Waals surface area contributed by atoms with Crippen LogP contribution in [-0.2, 0) is 0 Å². The van der Waals surface area contributed by atoms with E-state index in [1.165, 1.54) is 0 Å². The van der Waals surface area contributed by atoms with E-state index >= 15 is 0 Å². The van der Waals surface area contributed by atoms with Crippen molar-refractivity contribution in [2.45, 2.75) is 0 Å². The number of rotatable bonds is 2. The van der Waals surface area contributed by atoms with Crippen LogP contribution in [-0.4, -0.2) is 15.9 Å². The molecule has 88 valence electrons. The van der Waals surface area contributed by atoms with Crippen molar-refractivity contribution >= 4 is 17.0 Å². The lowest BCUT2D eigenvalue weighted by Crippen LogP contribution is -2.09. The molecule has 0 atom stereocenters. The van der Waals surface area contributed by atoms with Crippen molar-refractivity contribution in [1.82, 2.24) is 9.97 Å². The molecule has 2 heterocycles. The van der Waals surface area contributed by atoms with Crippen molar-refractivity contribution in [3.8, 4) is 5.88 Å². The van der Waals surface area contributed by atoms with Gasteiger partial charge in [0.05, 0.1) is 5.56 Å². The molecule has 0 saturated carbocycles. The van der Waals surface area contributed by atoms with Gasteiger partial charge in [-0.15, -0.1) is 0 Å². The molecule has 0 fully saturated rings. The van der Waals surface area contributed by atoms with Crippen molar-refractivity contribution in [1.29, 1.82) is 0 Å². The van der Waals surface area contributed by atoms with Gasteiger partial charge < -0.3 is 9.72 Å². The SMILES string of the molecule is O=C(Oc1ccc2cc[nH]c2n1)c1ccccc1. The third-order valence-corrected chi connectivity index (χ3v) is 2.59. The Hall–Kier alpha value is -2.62. The number of hydrogen-bond acceptors (Lipinski definition) is 3. The Morgan fingerprint density at radius 3 is 2.72 bits per heavy atom. The molecule has 1 N–H and O–H groups in total. The fraction of sp³-hybridized carbons (Fsp3) is 0. The molecule has 0 radical (unpaired) electrons. The highest BCUT2D eigenvalue weighted by Gasteiger charge is 2.09. The first kappa shape index (κ1) is 10.5. The van der Waals surface area contributed by atoms with E-state index in [0.29, 0.717) is 17.1 Å². The van der Waals surface area contributed by atoms with E-state index in [1.807, 2.05) is 18.2 Å². The lowest BCUT2D eigenvalue weighted by atomic mass is 10.2. The topological polar surface area (TPSA) is 55.0 Å². The fourth-order valence-corrected chi connectivity index (χ4v) is 1.70. The molecule has 3 rings (SSSR count). The van der Waals surface area contributed by atoms with E-state index in [-0.39, 0.29) is 0 Å². The number of H-pyrrole nitrogens is 1. The second kappa shape index (κ2) is 4.33. The van der Waals surface area contributed by atoms with Gasteiger partial charge in [0.1, 0.15) is 5.65 Å². The molecular formula is C14H10N2O2. The van der Waals surface area contributed by atoms with Crippen LogP contribution in [0, 0.1) is 0 Å². The van der Waals surface area contributed by atoms with E-state index in [9.17, 15) is 4.79 Å². The van der Waals surface area contributed by atoms with Gasteiger partial charge in [-0.3, -0.25) is 0 Å². The zero-order valence-electron chi connectivity index (χ0n) is 9.46. The van der Waals surface area contributed by atoms with Crippen LogP contribution in [0.5, 0.6) is 5.88 Å². The van der Waals surface area contributed by atoms with Crippen molar-refractivity contribution in [3.05, 3.63) is 60.3 Å². The summed E-state index contributed by atoms with van der Waals surface area (Å²) >= 11 is 0. The maximum atomic E-state index is 11.8. The van der Waals surface area contributed by atoms with Gasteiger partial charge in [-0.2, -0.15) is 4.98 Å². The number of aromatic nitrogens is 2. The van der Waals surface area contributed by atoms with Crippen molar-refractivity contribution in [2.75, 3.05) is 0 Å². The maximum Gasteiger partial charge on any atom is 0.344 e. The number of carbonyl (C=O) groups excluding carboxylic acids is 1. The minimum Gasteiger partial charge on any atom is -0.404 e. The number of benzene rings is 1. The van der Waals surface area contributed by atoms with Crippen molar-refractivity contribution in [3.63, 3.8) is 0 Å². The van der Waals surface area contributed by atoms with Crippen LogP contribution in [0.2, 0.25) is 0 Å². The zero-order valence-corrected chi connectivity index (χ0v) is 9.46. The van der Waals surface area contributed by atoms with E-state index in [2.05, 4.69) is 9.97 Å². The number of hydrogen-bond donors (Lipinski definition) is 1. The van der Waals surface area contributed by atoms with E-state index in [0.717, 1.165) is 5.39 Å². The molecule has 0 bridgehead atoms. The van der Waals surface area contributed by atoms with Crippen LogP contribution in [0.3, 0.4) is 0 Å². The number of fused-ring (bicyclic) bond motifs is 1. The molecule has 1 aromatic carbocycles. The highest BCUT2D eigenvalue weighted by molar-refractivity contribution is 5.91. The second-order valence-electron chi connectivity index (χ2n) is 3.82. The molecule has 0 saturated heterocycles. The molecule has 0 aliphatic heterocycles. The number of nitrogens with zero attached hydrogens (tertiary/aromatic N) is 1.